The van der Waals surface area contributed by atoms with Crippen LogP contribution in [0.1, 0.15) is 5.56 Å². The number of hydrogen-bond donors (Lipinski definition) is 0. The molecule has 1 radical (unpaired) electrons. The maximum atomic E-state index is 13.5. The molecule has 0 spiro atoms. The van der Waals surface area contributed by atoms with Crippen molar-refractivity contribution in [3.63, 3.8) is 0 Å². The smallest absolute Gasteiger partial charge is 0.216 e. The fraction of sp³-hybridized carbons (Fsp3) is 0.455. The van der Waals surface area contributed by atoms with Crippen LogP contribution < -0.4 is 0 Å². The molecular formula is C11H4F11. The van der Waals surface area contributed by atoms with Gasteiger partial charge < -0.3 is 0 Å². The lowest BCUT2D eigenvalue weighted by molar-refractivity contribution is -0.429. The molecule has 0 heterocycles. The summed E-state index contributed by atoms with van der Waals surface area (Å²) in [7, 11) is 0. The van der Waals surface area contributed by atoms with Gasteiger partial charge in [-0.2, -0.15) is 43.9 Å². The third kappa shape index (κ3) is 2.39. The van der Waals surface area contributed by atoms with Crippen molar-refractivity contribution in [3.05, 3.63) is 35.9 Å². The highest BCUT2D eigenvalue weighted by Gasteiger charge is 2.90. The van der Waals surface area contributed by atoms with Crippen molar-refractivity contribution >= 4 is 0 Å². The van der Waals surface area contributed by atoms with E-state index in [1.807, 2.05) is 0 Å². The van der Waals surface area contributed by atoms with Crippen LogP contribution in [0.4, 0.5) is 48.3 Å². The first kappa shape index (κ1) is 18.5. The Morgan fingerprint density at radius 3 is 1.45 bits per heavy atom. The third-order valence-electron chi connectivity index (χ3n) is 2.66. The van der Waals surface area contributed by atoms with Gasteiger partial charge in [-0.25, -0.2) is 4.39 Å². The van der Waals surface area contributed by atoms with E-state index >= 15 is 0 Å². The fourth-order valence-corrected chi connectivity index (χ4v) is 1.49. The quantitative estimate of drug-likeness (QED) is 0.673. The van der Waals surface area contributed by atoms with E-state index in [1.165, 1.54) is 6.07 Å². The van der Waals surface area contributed by atoms with Gasteiger partial charge in [0.2, 0.25) is 0 Å². The second-order valence-electron chi connectivity index (χ2n) is 4.08. The van der Waals surface area contributed by atoms with Crippen LogP contribution >= 0.6 is 0 Å². The summed E-state index contributed by atoms with van der Waals surface area (Å²) in [5, 5.41) is 0. The Morgan fingerprint density at radius 1 is 0.682 bits per heavy atom. The second-order valence-corrected chi connectivity index (χ2v) is 4.08. The molecule has 125 valence electrons. The van der Waals surface area contributed by atoms with E-state index in [1.54, 1.807) is 0 Å². The van der Waals surface area contributed by atoms with Crippen LogP contribution in [0.2, 0.25) is 0 Å². The molecule has 0 saturated carbocycles. The number of halogens is 11. The van der Waals surface area contributed by atoms with E-state index in [4.69, 9.17) is 0 Å². The summed E-state index contributed by atoms with van der Waals surface area (Å²) in [5.74, 6) is -13.3. The normalized spacial score (nSPS) is 15.0. The van der Waals surface area contributed by atoms with Gasteiger partial charge in [0.05, 0.1) is 0 Å². The molecule has 0 aliphatic rings. The van der Waals surface area contributed by atoms with Crippen molar-refractivity contribution in [3.8, 4) is 0 Å². The number of alkyl halides is 11. The Kier molecular flexibility index (Phi) is 4.19. The van der Waals surface area contributed by atoms with Crippen LogP contribution in [0, 0.1) is 6.07 Å². The average molecular weight is 345 g/mol. The van der Waals surface area contributed by atoms with E-state index in [0.717, 1.165) is 6.07 Å². The Hall–Kier alpha value is -1.55. The van der Waals surface area contributed by atoms with E-state index in [0.29, 0.717) is 12.1 Å². The van der Waals surface area contributed by atoms with Crippen LogP contribution in [0.25, 0.3) is 0 Å². The van der Waals surface area contributed by atoms with Gasteiger partial charge in [0.1, 0.15) is 0 Å². The molecule has 0 saturated heterocycles. The molecule has 1 aromatic carbocycles. The zero-order valence-electron chi connectivity index (χ0n) is 9.97. The highest BCUT2D eigenvalue weighted by atomic mass is 19.4. The summed E-state index contributed by atoms with van der Waals surface area (Å²) in [6.07, 6.45) is -14.7. The first-order valence-corrected chi connectivity index (χ1v) is 5.16. The molecule has 0 aliphatic carbocycles. The van der Waals surface area contributed by atoms with Crippen molar-refractivity contribution in [1.82, 2.24) is 0 Å². The SMILES string of the molecule is FC(F)(F)C(F)(C(F)(F)F)C(F)(F)C(F)(F)c1[c]cccc1. The molecule has 0 fully saturated rings. The van der Waals surface area contributed by atoms with Gasteiger partial charge in [0.25, 0.3) is 0 Å². The summed E-state index contributed by atoms with van der Waals surface area (Å²) in [5.41, 5.74) is -9.46. The lowest BCUT2D eigenvalue weighted by Crippen LogP contribution is -2.69. The van der Waals surface area contributed by atoms with E-state index < -0.39 is 35.4 Å². The predicted molar refractivity (Wildman–Crippen MR) is 50.1 cm³/mol. The van der Waals surface area contributed by atoms with Crippen molar-refractivity contribution in [2.75, 3.05) is 0 Å². The minimum absolute atomic E-state index is 0.0983. The number of rotatable bonds is 3. The maximum absolute atomic E-state index is 13.5. The van der Waals surface area contributed by atoms with E-state index in [-0.39, 0.29) is 6.07 Å². The topological polar surface area (TPSA) is 0 Å². The Labute approximate surface area is 115 Å². The van der Waals surface area contributed by atoms with Crippen LogP contribution in [0.5, 0.6) is 0 Å². The van der Waals surface area contributed by atoms with Gasteiger partial charge in [-0.05, 0) is 6.07 Å². The number of benzene rings is 1. The highest BCUT2D eigenvalue weighted by molar-refractivity contribution is 5.25. The predicted octanol–water partition coefficient (Wildman–Crippen LogP) is 5.05. The minimum atomic E-state index is -7.44. The third-order valence-corrected chi connectivity index (χ3v) is 2.66. The van der Waals surface area contributed by atoms with Crippen molar-refractivity contribution in [2.45, 2.75) is 29.9 Å². The molecule has 0 bridgehead atoms. The summed E-state index contributed by atoms with van der Waals surface area (Å²) in [4.78, 5) is 0. The maximum Gasteiger partial charge on any atom is 0.438 e. The first-order valence-electron chi connectivity index (χ1n) is 5.16. The molecule has 1 rings (SSSR count). The molecule has 0 nitrogen and oxygen atoms in total. The van der Waals surface area contributed by atoms with Crippen LogP contribution in [0.15, 0.2) is 24.3 Å². The lowest BCUT2D eigenvalue weighted by Gasteiger charge is -2.39. The molecule has 11 heteroatoms. The Balaban J connectivity index is 3.60. The van der Waals surface area contributed by atoms with Gasteiger partial charge >= 0.3 is 29.9 Å². The van der Waals surface area contributed by atoms with Crippen LogP contribution in [-0.4, -0.2) is 23.9 Å². The van der Waals surface area contributed by atoms with Gasteiger partial charge in [0, 0.05) is 5.56 Å². The van der Waals surface area contributed by atoms with Crippen LogP contribution in [-0.2, 0) is 5.92 Å². The standard InChI is InChI=1S/C11H4F11/c12-7(13,6-4-2-1-3-5-6)9(15,16)8(14,10(17,18)19)11(20,21)22/h1-4H. The highest BCUT2D eigenvalue weighted by Crippen LogP contribution is 2.61. The Morgan fingerprint density at radius 2 is 1.14 bits per heavy atom. The Bertz CT molecular complexity index is 497. The summed E-state index contributed by atoms with van der Waals surface area (Å²) in [6.45, 7) is 0. The second kappa shape index (κ2) is 4.98. The van der Waals surface area contributed by atoms with Crippen molar-refractivity contribution in [2.24, 2.45) is 0 Å². The first-order chi connectivity index (χ1) is 9.61. The lowest BCUT2D eigenvalue weighted by atomic mass is 9.87. The molecule has 0 N–H and O–H groups in total. The van der Waals surface area contributed by atoms with E-state index in [2.05, 4.69) is 0 Å². The molecule has 1 aromatic rings. The molecular weight excluding hydrogens is 341 g/mol. The molecule has 0 atom stereocenters. The van der Waals surface area contributed by atoms with Gasteiger partial charge in [-0.15, -0.1) is 0 Å². The summed E-state index contributed by atoms with van der Waals surface area (Å²) in [6, 6.07) is 3.57. The van der Waals surface area contributed by atoms with Crippen molar-refractivity contribution < 1.29 is 48.3 Å². The van der Waals surface area contributed by atoms with Gasteiger partial charge in [-0.3, -0.25) is 0 Å². The zero-order chi connectivity index (χ0) is 17.6. The molecule has 0 unspecified atom stereocenters. The summed E-state index contributed by atoms with van der Waals surface area (Å²) < 4.78 is 140. The molecule has 22 heavy (non-hydrogen) atoms. The van der Waals surface area contributed by atoms with Crippen LogP contribution in [0.3, 0.4) is 0 Å². The van der Waals surface area contributed by atoms with Crippen molar-refractivity contribution in [1.29, 1.82) is 0 Å². The average Bonchev–Trinajstić information content (AvgIpc) is 2.35. The molecule has 0 aliphatic heterocycles. The fourth-order valence-electron chi connectivity index (χ4n) is 1.49. The number of hydrogen-bond acceptors (Lipinski definition) is 0. The van der Waals surface area contributed by atoms with Gasteiger partial charge in [-0.1, -0.05) is 24.3 Å². The van der Waals surface area contributed by atoms with E-state index in [9.17, 15) is 48.3 Å². The largest absolute Gasteiger partial charge is 0.438 e. The molecule has 0 aromatic heterocycles. The monoisotopic (exact) mass is 345 g/mol. The minimum Gasteiger partial charge on any atom is -0.216 e. The zero-order valence-corrected chi connectivity index (χ0v) is 9.97. The van der Waals surface area contributed by atoms with Gasteiger partial charge in [0.15, 0.2) is 0 Å². The molecule has 0 amide bonds. The summed E-state index contributed by atoms with van der Waals surface area (Å²) >= 11 is 0.